The highest BCUT2D eigenvalue weighted by Crippen LogP contribution is 2.29. The van der Waals surface area contributed by atoms with Crippen LogP contribution in [0.5, 0.6) is 0 Å². The van der Waals surface area contributed by atoms with E-state index in [1.165, 1.54) is 22.2 Å². The number of benzene rings is 1. The van der Waals surface area contributed by atoms with E-state index in [4.69, 9.17) is 0 Å². The largest absolute Gasteiger partial charge is 0.358 e. The Hall–Kier alpha value is -1.32. The second-order valence-corrected chi connectivity index (χ2v) is 4.44. The van der Waals surface area contributed by atoms with Crippen molar-refractivity contribution < 1.29 is 0 Å². The molecule has 0 saturated heterocycles. The molecule has 2 aromatic rings. The first kappa shape index (κ1) is 12.1. The predicted molar refractivity (Wildman–Crippen MR) is 73.4 cm³/mol. The molecule has 0 bridgehead atoms. The number of fused-ring (bicyclic) bond motifs is 1. The minimum Gasteiger partial charge on any atom is -0.358 e. The fraction of sp³-hybridized carbons (Fsp3) is 0.429. The summed E-state index contributed by atoms with van der Waals surface area (Å²) >= 11 is 0. The maximum atomic E-state index is 3.46. The molecular formula is C14H21N3. The van der Waals surface area contributed by atoms with Crippen molar-refractivity contribution in [2.24, 2.45) is 0 Å². The van der Waals surface area contributed by atoms with Gasteiger partial charge in [-0.15, -0.1) is 0 Å². The second-order valence-electron chi connectivity index (χ2n) is 4.44. The molecule has 3 N–H and O–H groups in total. The Bertz CT molecular complexity index is 487. The molecule has 0 fully saturated rings. The Labute approximate surface area is 103 Å². The van der Waals surface area contributed by atoms with Gasteiger partial charge in [-0.3, -0.25) is 0 Å². The van der Waals surface area contributed by atoms with E-state index in [9.17, 15) is 0 Å². The number of aryl methyl sites for hydroxylation is 1. The third kappa shape index (κ3) is 2.35. The molecule has 0 saturated carbocycles. The lowest BCUT2D eigenvalue weighted by molar-refractivity contribution is 0.534. The van der Waals surface area contributed by atoms with Crippen LogP contribution in [-0.2, 0) is 0 Å². The molecule has 92 valence electrons. The Morgan fingerprint density at radius 3 is 2.71 bits per heavy atom. The van der Waals surface area contributed by atoms with Gasteiger partial charge >= 0.3 is 0 Å². The second kappa shape index (κ2) is 5.34. The van der Waals surface area contributed by atoms with Gasteiger partial charge in [0.2, 0.25) is 0 Å². The predicted octanol–water partition coefficient (Wildman–Crippen LogP) is 2.35. The van der Waals surface area contributed by atoms with E-state index < -0.39 is 0 Å². The monoisotopic (exact) mass is 231 g/mol. The zero-order valence-corrected chi connectivity index (χ0v) is 10.8. The Balaban J connectivity index is 2.41. The fourth-order valence-electron chi connectivity index (χ4n) is 2.47. The summed E-state index contributed by atoms with van der Waals surface area (Å²) in [6.45, 7) is 3.17. The first-order chi connectivity index (χ1) is 8.27. The molecule has 0 radical (unpaired) electrons. The van der Waals surface area contributed by atoms with Crippen LogP contribution in [0.25, 0.3) is 10.9 Å². The molecule has 1 aromatic carbocycles. The van der Waals surface area contributed by atoms with E-state index in [-0.39, 0.29) is 0 Å². The van der Waals surface area contributed by atoms with Crippen molar-refractivity contribution in [3.05, 3.63) is 35.5 Å². The number of para-hydroxylation sites is 1. The van der Waals surface area contributed by atoms with Crippen LogP contribution in [0, 0.1) is 6.92 Å². The van der Waals surface area contributed by atoms with Crippen LogP contribution in [0.15, 0.2) is 24.3 Å². The molecule has 3 nitrogen and oxygen atoms in total. The van der Waals surface area contributed by atoms with E-state index >= 15 is 0 Å². The number of hydrogen-bond acceptors (Lipinski definition) is 2. The molecule has 0 spiro atoms. The average molecular weight is 231 g/mol. The maximum Gasteiger partial charge on any atom is 0.0459 e. The molecule has 1 aromatic heterocycles. The lowest BCUT2D eigenvalue weighted by atomic mass is 10.0. The van der Waals surface area contributed by atoms with Crippen LogP contribution in [0.1, 0.15) is 23.7 Å². The summed E-state index contributed by atoms with van der Waals surface area (Å²) in [6.07, 6.45) is 1.09. The Morgan fingerprint density at radius 1 is 1.24 bits per heavy atom. The van der Waals surface area contributed by atoms with Crippen LogP contribution in [0.3, 0.4) is 0 Å². The van der Waals surface area contributed by atoms with Gasteiger partial charge in [-0.05, 0) is 45.6 Å². The molecular weight excluding hydrogens is 210 g/mol. The summed E-state index contributed by atoms with van der Waals surface area (Å²) in [5.74, 6) is 0. The molecule has 1 heterocycles. The van der Waals surface area contributed by atoms with E-state index in [0.717, 1.165) is 13.0 Å². The minimum atomic E-state index is 0.401. The molecule has 0 aliphatic rings. The van der Waals surface area contributed by atoms with Crippen molar-refractivity contribution in [2.45, 2.75) is 19.4 Å². The molecule has 2 rings (SSSR count). The summed E-state index contributed by atoms with van der Waals surface area (Å²) in [5, 5.41) is 7.96. The summed E-state index contributed by atoms with van der Waals surface area (Å²) in [7, 11) is 4.02. The lowest BCUT2D eigenvalue weighted by Crippen LogP contribution is -2.22. The van der Waals surface area contributed by atoms with Crippen molar-refractivity contribution in [1.82, 2.24) is 15.6 Å². The third-order valence-corrected chi connectivity index (χ3v) is 3.32. The molecule has 17 heavy (non-hydrogen) atoms. The number of aromatic nitrogens is 1. The highest BCUT2D eigenvalue weighted by Gasteiger charge is 2.16. The van der Waals surface area contributed by atoms with Gasteiger partial charge in [0, 0.05) is 22.6 Å². The molecule has 3 heteroatoms. The van der Waals surface area contributed by atoms with Crippen LogP contribution >= 0.6 is 0 Å². The average Bonchev–Trinajstić information content (AvgIpc) is 2.67. The summed E-state index contributed by atoms with van der Waals surface area (Å²) in [4.78, 5) is 3.46. The molecule has 0 aliphatic heterocycles. The highest BCUT2D eigenvalue weighted by atomic mass is 14.9. The minimum absolute atomic E-state index is 0.401. The maximum absolute atomic E-state index is 3.46. The SMILES string of the molecule is CNCCC(NC)c1c(C)[nH]c2ccccc12. The van der Waals surface area contributed by atoms with Crippen LogP contribution in [0.4, 0.5) is 0 Å². The van der Waals surface area contributed by atoms with Crippen molar-refractivity contribution in [2.75, 3.05) is 20.6 Å². The van der Waals surface area contributed by atoms with Gasteiger partial charge in [0.15, 0.2) is 0 Å². The summed E-state index contributed by atoms with van der Waals surface area (Å²) in [6, 6.07) is 8.90. The van der Waals surface area contributed by atoms with Crippen LogP contribution in [-0.4, -0.2) is 25.6 Å². The zero-order valence-electron chi connectivity index (χ0n) is 10.8. The quantitative estimate of drug-likeness (QED) is 0.739. The number of aromatic amines is 1. The van der Waals surface area contributed by atoms with Crippen molar-refractivity contribution >= 4 is 10.9 Å². The fourth-order valence-corrected chi connectivity index (χ4v) is 2.47. The standard InChI is InChI=1S/C14H21N3/c1-10-14(13(16-3)8-9-15-2)11-6-4-5-7-12(11)17-10/h4-7,13,15-17H,8-9H2,1-3H3. The van der Waals surface area contributed by atoms with Gasteiger partial charge in [0.1, 0.15) is 0 Å². The Morgan fingerprint density at radius 2 is 2.00 bits per heavy atom. The molecule has 1 atom stereocenters. The van der Waals surface area contributed by atoms with E-state index in [2.05, 4.69) is 46.8 Å². The first-order valence-electron chi connectivity index (χ1n) is 6.17. The Kier molecular flexibility index (Phi) is 3.82. The van der Waals surface area contributed by atoms with Gasteiger partial charge in [-0.25, -0.2) is 0 Å². The zero-order chi connectivity index (χ0) is 12.3. The molecule has 1 unspecified atom stereocenters. The number of rotatable bonds is 5. The summed E-state index contributed by atoms with van der Waals surface area (Å²) in [5.41, 5.74) is 3.89. The number of hydrogen-bond donors (Lipinski definition) is 3. The van der Waals surface area contributed by atoms with Crippen molar-refractivity contribution in [1.29, 1.82) is 0 Å². The first-order valence-corrected chi connectivity index (χ1v) is 6.17. The van der Waals surface area contributed by atoms with Gasteiger partial charge in [-0.2, -0.15) is 0 Å². The van der Waals surface area contributed by atoms with Crippen molar-refractivity contribution in [3.63, 3.8) is 0 Å². The van der Waals surface area contributed by atoms with Gasteiger partial charge in [0.05, 0.1) is 0 Å². The van der Waals surface area contributed by atoms with Crippen LogP contribution in [0.2, 0.25) is 0 Å². The van der Waals surface area contributed by atoms with Gasteiger partial charge in [0.25, 0.3) is 0 Å². The topological polar surface area (TPSA) is 39.8 Å². The van der Waals surface area contributed by atoms with E-state index in [0.29, 0.717) is 6.04 Å². The molecule has 0 aliphatic carbocycles. The number of nitrogens with one attached hydrogen (secondary N) is 3. The third-order valence-electron chi connectivity index (χ3n) is 3.32. The van der Waals surface area contributed by atoms with E-state index in [1.807, 2.05) is 14.1 Å². The smallest absolute Gasteiger partial charge is 0.0459 e. The lowest BCUT2D eigenvalue weighted by Gasteiger charge is -2.16. The van der Waals surface area contributed by atoms with Gasteiger partial charge < -0.3 is 15.6 Å². The highest BCUT2D eigenvalue weighted by molar-refractivity contribution is 5.85. The summed E-state index contributed by atoms with van der Waals surface area (Å²) < 4.78 is 0. The molecule has 0 amide bonds. The normalized spacial score (nSPS) is 13.1. The van der Waals surface area contributed by atoms with Crippen molar-refractivity contribution in [3.8, 4) is 0 Å². The van der Waals surface area contributed by atoms with Gasteiger partial charge in [-0.1, -0.05) is 18.2 Å². The number of H-pyrrole nitrogens is 1. The van der Waals surface area contributed by atoms with Crippen LogP contribution < -0.4 is 10.6 Å². The van der Waals surface area contributed by atoms with E-state index in [1.54, 1.807) is 0 Å².